The summed E-state index contributed by atoms with van der Waals surface area (Å²) in [5.41, 5.74) is 2.46. The molecular formula is C24H35N5O5S2. The Kier molecular flexibility index (Phi) is 11.6. The van der Waals surface area contributed by atoms with Crippen molar-refractivity contribution in [3.8, 4) is 17.1 Å². The number of aryl methyl sites for hydroxylation is 2. The number of aromatic nitrogens is 4. The topological polar surface area (TPSA) is 120 Å². The standard InChI is InChI=1S/C24H35N5O5.S2/c1-6-17(7-2)28(4)24(32)33-14-20-22(26-27-29(20)5)19-11-12-21(15(3)25-19)34-18-10-8-9-16(13-18)23(30)31;1-2/h11-12,16-18H,6-10,13-14H2,1-5H3,(H,30,31);/t16-,18-;/m0./s1. The molecule has 0 aromatic carbocycles. The van der Waals surface area contributed by atoms with Crippen LogP contribution in [0.3, 0.4) is 0 Å². The van der Waals surface area contributed by atoms with Crippen molar-refractivity contribution in [3.05, 3.63) is 23.5 Å². The van der Waals surface area contributed by atoms with Gasteiger partial charge in [-0.05, 0) is 57.6 Å². The van der Waals surface area contributed by atoms with Crippen LogP contribution in [-0.2, 0) is 45.6 Å². The molecule has 0 spiro atoms. The van der Waals surface area contributed by atoms with Gasteiger partial charge in [-0.2, -0.15) is 0 Å². The van der Waals surface area contributed by atoms with Crippen molar-refractivity contribution in [1.29, 1.82) is 0 Å². The third-order valence-electron chi connectivity index (χ3n) is 6.60. The van der Waals surface area contributed by atoms with Crippen LogP contribution >= 0.6 is 0 Å². The molecule has 198 valence electrons. The predicted octanol–water partition coefficient (Wildman–Crippen LogP) is 3.96. The number of carbonyl (C=O) groups excluding carboxylic acids is 1. The third-order valence-corrected chi connectivity index (χ3v) is 6.60. The minimum absolute atomic E-state index is 0.0276. The third kappa shape index (κ3) is 7.39. The predicted molar refractivity (Wildman–Crippen MR) is 140 cm³/mol. The molecule has 3 rings (SSSR count). The molecule has 2 aromatic heterocycles. The molecule has 36 heavy (non-hydrogen) atoms. The summed E-state index contributed by atoms with van der Waals surface area (Å²) in [7, 11) is 3.49. The van der Waals surface area contributed by atoms with Gasteiger partial charge in [-0.25, -0.2) is 14.5 Å². The molecule has 10 nitrogen and oxygen atoms in total. The van der Waals surface area contributed by atoms with Crippen molar-refractivity contribution in [2.75, 3.05) is 7.05 Å². The monoisotopic (exact) mass is 537 g/mol. The fraction of sp³-hybridized carbons (Fsp3) is 0.625. The number of carboxylic acids is 1. The van der Waals surface area contributed by atoms with E-state index in [2.05, 4.69) is 37.7 Å². The molecule has 0 bridgehead atoms. The maximum absolute atomic E-state index is 12.5. The SMILES string of the molecule is CCC(CC)N(C)C(=O)OCc1c(-c2ccc(O[C@H]3CCC[C@H](C(=O)O)C3)c(C)n2)nnn1C.S=S. The molecule has 1 amide bonds. The van der Waals surface area contributed by atoms with Crippen LogP contribution in [0.1, 0.15) is 63.8 Å². The lowest BCUT2D eigenvalue weighted by molar-refractivity contribution is -0.143. The minimum Gasteiger partial charge on any atom is -0.489 e. The number of ether oxygens (including phenoxy) is 2. The van der Waals surface area contributed by atoms with Crippen LogP contribution in [-0.4, -0.2) is 61.2 Å². The van der Waals surface area contributed by atoms with E-state index in [4.69, 9.17) is 9.47 Å². The summed E-state index contributed by atoms with van der Waals surface area (Å²) in [6.07, 6.45) is 4.04. The van der Waals surface area contributed by atoms with Crippen LogP contribution in [0.5, 0.6) is 5.75 Å². The quantitative estimate of drug-likeness (QED) is 0.503. The van der Waals surface area contributed by atoms with Crippen LogP contribution in [0.2, 0.25) is 0 Å². The first-order chi connectivity index (χ1) is 17.2. The molecule has 2 aromatic rings. The molecule has 1 saturated carbocycles. The number of nitrogens with zero attached hydrogens (tertiary/aromatic N) is 5. The zero-order valence-corrected chi connectivity index (χ0v) is 23.1. The van der Waals surface area contributed by atoms with Gasteiger partial charge in [0.05, 0.1) is 23.4 Å². The second-order valence-electron chi connectivity index (χ2n) is 8.87. The highest BCUT2D eigenvalue weighted by molar-refractivity contribution is 8.07. The number of carbonyl (C=O) groups is 2. The number of rotatable bonds is 9. The molecule has 12 heteroatoms. The molecule has 2 heterocycles. The Morgan fingerprint density at radius 1 is 1.25 bits per heavy atom. The van der Waals surface area contributed by atoms with Gasteiger partial charge in [0.15, 0.2) is 0 Å². The highest BCUT2D eigenvalue weighted by Gasteiger charge is 2.28. The Bertz CT molecular complexity index is 1030. The zero-order valence-electron chi connectivity index (χ0n) is 21.5. The van der Waals surface area contributed by atoms with Gasteiger partial charge >= 0.3 is 12.1 Å². The zero-order chi connectivity index (χ0) is 26.8. The largest absolute Gasteiger partial charge is 0.489 e. The minimum atomic E-state index is -0.763. The molecule has 0 aliphatic heterocycles. The van der Waals surface area contributed by atoms with Gasteiger partial charge in [-0.1, -0.05) is 19.1 Å². The van der Waals surface area contributed by atoms with Crippen molar-refractivity contribution in [2.24, 2.45) is 13.0 Å². The average Bonchev–Trinajstić information content (AvgIpc) is 3.25. The first-order valence-corrected chi connectivity index (χ1v) is 13.4. The van der Waals surface area contributed by atoms with Crippen LogP contribution in [0.4, 0.5) is 4.79 Å². The molecule has 1 aliphatic rings. The summed E-state index contributed by atoms with van der Waals surface area (Å²) >= 11 is 7.33. The first kappa shape index (κ1) is 29.5. The van der Waals surface area contributed by atoms with E-state index < -0.39 is 5.97 Å². The molecule has 1 N–H and O–H groups in total. The smallest absolute Gasteiger partial charge is 0.410 e. The van der Waals surface area contributed by atoms with E-state index >= 15 is 0 Å². The molecule has 2 atom stereocenters. The number of hydrogen-bond donors (Lipinski definition) is 1. The Morgan fingerprint density at radius 2 is 1.94 bits per heavy atom. The first-order valence-electron chi connectivity index (χ1n) is 12.1. The van der Waals surface area contributed by atoms with Crippen LogP contribution in [0.25, 0.3) is 11.4 Å². The molecule has 0 radical (unpaired) electrons. The number of pyridine rings is 1. The van der Waals surface area contributed by atoms with E-state index in [0.29, 0.717) is 41.4 Å². The van der Waals surface area contributed by atoms with E-state index in [9.17, 15) is 14.7 Å². The fourth-order valence-electron chi connectivity index (χ4n) is 4.42. The van der Waals surface area contributed by atoms with E-state index in [-0.39, 0.29) is 30.8 Å². The average molecular weight is 538 g/mol. The van der Waals surface area contributed by atoms with Gasteiger partial charge < -0.3 is 19.5 Å². The Balaban J connectivity index is 0.00000222. The summed E-state index contributed by atoms with van der Waals surface area (Å²) < 4.78 is 13.2. The van der Waals surface area contributed by atoms with E-state index in [1.165, 1.54) is 0 Å². The van der Waals surface area contributed by atoms with Crippen LogP contribution < -0.4 is 4.74 Å². The Hall–Kier alpha value is -2.73. The van der Waals surface area contributed by atoms with Crippen molar-refractivity contribution < 1.29 is 24.2 Å². The number of carboxylic acid groups (broad SMARTS) is 1. The van der Waals surface area contributed by atoms with Crippen LogP contribution in [0, 0.1) is 12.8 Å². The molecule has 0 saturated heterocycles. The lowest BCUT2D eigenvalue weighted by atomic mass is 9.87. The van der Waals surface area contributed by atoms with Crippen molar-refractivity contribution >= 4 is 34.4 Å². The summed E-state index contributed by atoms with van der Waals surface area (Å²) in [4.78, 5) is 30.1. The van der Waals surface area contributed by atoms with Crippen molar-refractivity contribution in [2.45, 2.75) is 78.0 Å². The molecule has 1 aliphatic carbocycles. The fourth-order valence-corrected chi connectivity index (χ4v) is 4.42. The van der Waals surface area contributed by atoms with Crippen LogP contribution in [0.15, 0.2) is 12.1 Å². The highest BCUT2D eigenvalue weighted by atomic mass is 32.8. The summed E-state index contributed by atoms with van der Waals surface area (Å²) in [6.45, 7) is 5.96. The van der Waals surface area contributed by atoms with Gasteiger partial charge in [-0.15, -0.1) is 5.10 Å². The lowest BCUT2D eigenvalue weighted by Gasteiger charge is -2.27. The Morgan fingerprint density at radius 3 is 2.56 bits per heavy atom. The molecule has 0 unspecified atom stereocenters. The molecular weight excluding hydrogens is 502 g/mol. The van der Waals surface area contributed by atoms with Gasteiger partial charge in [0.25, 0.3) is 0 Å². The number of amides is 1. The van der Waals surface area contributed by atoms with Crippen molar-refractivity contribution in [3.63, 3.8) is 0 Å². The normalized spacial score (nSPS) is 17.2. The van der Waals surface area contributed by atoms with E-state index in [0.717, 1.165) is 25.7 Å². The second-order valence-corrected chi connectivity index (χ2v) is 8.87. The van der Waals surface area contributed by atoms with Gasteiger partial charge in [0, 0.05) is 42.5 Å². The Labute approximate surface area is 222 Å². The van der Waals surface area contributed by atoms with Gasteiger partial charge in [-0.3, -0.25) is 4.79 Å². The van der Waals surface area contributed by atoms with Gasteiger partial charge in [0.2, 0.25) is 0 Å². The van der Waals surface area contributed by atoms with Crippen molar-refractivity contribution in [1.82, 2.24) is 24.9 Å². The van der Waals surface area contributed by atoms with Gasteiger partial charge in [0.1, 0.15) is 23.7 Å². The van der Waals surface area contributed by atoms with E-state index in [1.54, 1.807) is 29.7 Å². The summed E-state index contributed by atoms with van der Waals surface area (Å²) in [6, 6.07) is 3.75. The number of hydrogen-bond acceptors (Lipinski definition) is 9. The number of aliphatic carboxylic acids is 1. The second kappa shape index (κ2) is 14.1. The summed E-state index contributed by atoms with van der Waals surface area (Å²) in [5.74, 6) is -0.496. The maximum Gasteiger partial charge on any atom is 0.410 e. The lowest BCUT2D eigenvalue weighted by Crippen LogP contribution is -2.36. The summed E-state index contributed by atoms with van der Waals surface area (Å²) in [5, 5.41) is 17.6. The highest BCUT2D eigenvalue weighted by Crippen LogP contribution is 2.30. The molecule has 1 fully saturated rings. The maximum atomic E-state index is 12.5. The van der Waals surface area contributed by atoms with E-state index in [1.807, 2.05) is 26.8 Å².